The molecule has 30 heavy (non-hydrogen) atoms. The Hall–Kier alpha value is -2.23. The van der Waals surface area contributed by atoms with Crippen LogP contribution < -0.4 is 25.0 Å². The fourth-order valence-corrected chi connectivity index (χ4v) is 3.58. The topological polar surface area (TPSA) is 71.0 Å². The normalized spacial score (nSPS) is 15.1. The fraction of sp³-hybridized carbons (Fsp3) is 0.455. The van der Waals surface area contributed by atoms with Crippen molar-refractivity contribution in [1.82, 2.24) is 15.6 Å². The smallest absolute Gasteiger partial charge is 0.231 e. The van der Waals surface area contributed by atoms with Crippen LogP contribution in [0.15, 0.2) is 41.5 Å². The third kappa shape index (κ3) is 5.90. The number of halogens is 1. The molecule has 1 saturated heterocycles. The van der Waals surface area contributed by atoms with E-state index in [1.807, 2.05) is 18.3 Å². The summed E-state index contributed by atoms with van der Waals surface area (Å²) in [6.07, 6.45) is 5.34. The summed E-state index contributed by atoms with van der Waals surface area (Å²) in [5, 5.41) is 6.70. The number of ether oxygens (including phenoxy) is 2. The van der Waals surface area contributed by atoms with Crippen LogP contribution in [0.5, 0.6) is 11.5 Å². The number of fused-ring (bicyclic) bond motifs is 1. The van der Waals surface area contributed by atoms with Crippen molar-refractivity contribution in [3.8, 4) is 11.5 Å². The van der Waals surface area contributed by atoms with Crippen LogP contribution in [0.4, 0.5) is 5.82 Å². The van der Waals surface area contributed by atoms with Crippen molar-refractivity contribution in [2.24, 2.45) is 4.99 Å². The number of hydrogen-bond acceptors (Lipinski definition) is 5. The zero-order valence-corrected chi connectivity index (χ0v) is 19.7. The second-order valence-corrected chi connectivity index (χ2v) is 7.28. The molecule has 2 aromatic rings. The fourth-order valence-electron chi connectivity index (χ4n) is 3.58. The van der Waals surface area contributed by atoms with E-state index < -0.39 is 0 Å². The molecule has 0 spiro atoms. The van der Waals surface area contributed by atoms with Crippen LogP contribution in [0.2, 0.25) is 0 Å². The number of aromatic nitrogens is 1. The van der Waals surface area contributed by atoms with Gasteiger partial charge in [-0.05, 0) is 55.5 Å². The highest BCUT2D eigenvalue weighted by molar-refractivity contribution is 14.0. The molecule has 1 aromatic carbocycles. The molecule has 0 bridgehead atoms. The number of nitrogens with zero attached hydrogens (tertiary/aromatic N) is 3. The van der Waals surface area contributed by atoms with Crippen molar-refractivity contribution in [2.45, 2.75) is 32.7 Å². The average molecular weight is 523 g/mol. The van der Waals surface area contributed by atoms with E-state index in [4.69, 9.17) is 14.5 Å². The first-order chi connectivity index (χ1) is 14.3. The van der Waals surface area contributed by atoms with Crippen LogP contribution in [-0.4, -0.2) is 43.9 Å². The van der Waals surface area contributed by atoms with Crippen molar-refractivity contribution < 1.29 is 9.47 Å². The Labute approximate surface area is 195 Å². The van der Waals surface area contributed by atoms with Crippen molar-refractivity contribution in [2.75, 3.05) is 37.9 Å². The predicted octanol–water partition coefficient (Wildman–Crippen LogP) is 3.33. The van der Waals surface area contributed by atoms with Gasteiger partial charge in [-0.25, -0.2) is 9.98 Å². The Balaban J connectivity index is 0.00000256. The lowest BCUT2D eigenvalue weighted by Crippen LogP contribution is -2.38. The van der Waals surface area contributed by atoms with Crippen LogP contribution in [0, 0.1) is 0 Å². The van der Waals surface area contributed by atoms with Gasteiger partial charge in [0.25, 0.3) is 0 Å². The summed E-state index contributed by atoms with van der Waals surface area (Å²) in [4.78, 5) is 11.6. The number of aliphatic imine (C=N–C) groups is 1. The molecule has 1 aromatic heterocycles. The van der Waals surface area contributed by atoms with Crippen molar-refractivity contribution in [3.05, 3.63) is 47.7 Å². The maximum Gasteiger partial charge on any atom is 0.231 e. The van der Waals surface area contributed by atoms with Crippen LogP contribution in [0.1, 0.15) is 30.9 Å². The summed E-state index contributed by atoms with van der Waals surface area (Å²) in [5.74, 6) is 3.54. The number of hydrogen-bond donors (Lipinski definition) is 2. The quantitative estimate of drug-likeness (QED) is 0.330. The minimum atomic E-state index is 0. The minimum Gasteiger partial charge on any atom is -0.454 e. The van der Waals surface area contributed by atoms with E-state index in [-0.39, 0.29) is 24.0 Å². The summed E-state index contributed by atoms with van der Waals surface area (Å²) in [6, 6.07) is 10.3. The zero-order chi connectivity index (χ0) is 19.9. The van der Waals surface area contributed by atoms with E-state index in [2.05, 4.69) is 45.6 Å². The number of anilines is 1. The van der Waals surface area contributed by atoms with Gasteiger partial charge in [0.2, 0.25) is 6.79 Å². The van der Waals surface area contributed by atoms with E-state index >= 15 is 0 Å². The molecule has 2 aliphatic heterocycles. The highest BCUT2D eigenvalue weighted by Gasteiger charge is 2.14. The van der Waals surface area contributed by atoms with E-state index in [0.29, 0.717) is 13.3 Å². The van der Waals surface area contributed by atoms with Gasteiger partial charge in [0.1, 0.15) is 5.82 Å². The molecule has 162 valence electrons. The maximum absolute atomic E-state index is 5.45. The molecule has 0 amide bonds. The molecule has 0 saturated carbocycles. The van der Waals surface area contributed by atoms with Gasteiger partial charge in [-0.3, -0.25) is 0 Å². The number of benzene rings is 1. The van der Waals surface area contributed by atoms with Gasteiger partial charge in [-0.1, -0.05) is 12.1 Å². The second-order valence-electron chi connectivity index (χ2n) is 7.28. The molecule has 1 fully saturated rings. The molecule has 0 aliphatic carbocycles. The molecule has 8 heteroatoms. The van der Waals surface area contributed by atoms with Crippen molar-refractivity contribution in [3.63, 3.8) is 0 Å². The summed E-state index contributed by atoms with van der Waals surface area (Å²) in [5.41, 5.74) is 2.32. The van der Waals surface area contributed by atoms with Crippen LogP contribution >= 0.6 is 24.0 Å². The van der Waals surface area contributed by atoms with Gasteiger partial charge >= 0.3 is 0 Å². The van der Waals surface area contributed by atoms with E-state index in [9.17, 15) is 0 Å². The standard InChI is InChI=1S/C22H29N5O2.HI/c1-2-23-22(24-10-9-17-5-7-19-20(13-17)29-16-28-19)26-15-18-6-8-21(25-14-18)27-11-3-4-12-27;/h5-8,13-14H,2-4,9-12,15-16H2,1H3,(H2,23,24,26);1H. The van der Waals surface area contributed by atoms with Crippen molar-refractivity contribution >= 4 is 35.8 Å². The van der Waals surface area contributed by atoms with E-state index in [1.54, 1.807) is 0 Å². The maximum atomic E-state index is 5.45. The van der Waals surface area contributed by atoms with Crippen LogP contribution in [0.25, 0.3) is 0 Å². The molecular formula is C22H30IN5O2. The molecule has 2 aliphatic rings. The van der Waals surface area contributed by atoms with Gasteiger partial charge in [0, 0.05) is 32.4 Å². The Morgan fingerprint density at radius 3 is 2.63 bits per heavy atom. The zero-order valence-electron chi connectivity index (χ0n) is 17.4. The number of nitrogens with one attached hydrogen (secondary N) is 2. The van der Waals surface area contributed by atoms with Gasteiger partial charge in [-0.15, -0.1) is 24.0 Å². The largest absolute Gasteiger partial charge is 0.454 e. The molecule has 4 rings (SSSR count). The summed E-state index contributed by atoms with van der Waals surface area (Å²) < 4.78 is 10.8. The van der Waals surface area contributed by atoms with Gasteiger partial charge in [0.05, 0.1) is 6.54 Å². The van der Waals surface area contributed by atoms with Gasteiger partial charge in [0.15, 0.2) is 17.5 Å². The molecule has 0 atom stereocenters. The SMILES string of the molecule is CCNC(=NCc1ccc(N2CCCC2)nc1)NCCc1ccc2c(c1)OCO2.I. The summed E-state index contributed by atoms with van der Waals surface area (Å²) in [6.45, 7) is 6.82. The lowest BCUT2D eigenvalue weighted by molar-refractivity contribution is 0.174. The lowest BCUT2D eigenvalue weighted by atomic mass is 10.1. The first-order valence-corrected chi connectivity index (χ1v) is 10.4. The minimum absolute atomic E-state index is 0. The molecular weight excluding hydrogens is 493 g/mol. The summed E-state index contributed by atoms with van der Waals surface area (Å²) >= 11 is 0. The second kappa shape index (κ2) is 11.2. The number of rotatable bonds is 7. The average Bonchev–Trinajstić information content (AvgIpc) is 3.44. The number of pyridine rings is 1. The van der Waals surface area contributed by atoms with E-state index in [1.165, 1.54) is 18.4 Å². The highest BCUT2D eigenvalue weighted by atomic mass is 127. The molecule has 2 N–H and O–H groups in total. The summed E-state index contributed by atoms with van der Waals surface area (Å²) in [7, 11) is 0. The van der Waals surface area contributed by atoms with Crippen LogP contribution in [-0.2, 0) is 13.0 Å². The first kappa shape index (κ1) is 22.5. The van der Waals surface area contributed by atoms with Gasteiger partial charge in [-0.2, -0.15) is 0 Å². The molecule has 0 unspecified atom stereocenters. The molecule has 0 radical (unpaired) electrons. The monoisotopic (exact) mass is 523 g/mol. The predicted molar refractivity (Wildman–Crippen MR) is 130 cm³/mol. The Morgan fingerprint density at radius 2 is 1.87 bits per heavy atom. The molecule has 3 heterocycles. The third-order valence-electron chi connectivity index (χ3n) is 5.15. The highest BCUT2D eigenvalue weighted by Crippen LogP contribution is 2.32. The Kier molecular flexibility index (Phi) is 8.41. The number of guanidine groups is 1. The lowest BCUT2D eigenvalue weighted by Gasteiger charge is -2.16. The third-order valence-corrected chi connectivity index (χ3v) is 5.15. The van der Waals surface area contributed by atoms with Crippen molar-refractivity contribution in [1.29, 1.82) is 0 Å². The van der Waals surface area contributed by atoms with E-state index in [0.717, 1.165) is 61.4 Å². The Bertz CT molecular complexity index is 838. The van der Waals surface area contributed by atoms with Crippen LogP contribution in [0.3, 0.4) is 0 Å². The Morgan fingerprint density at radius 1 is 1.07 bits per heavy atom. The molecule has 7 nitrogen and oxygen atoms in total. The van der Waals surface area contributed by atoms with Gasteiger partial charge < -0.3 is 25.0 Å². The first-order valence-electron chi connectivity index (χ1n) is 10.4.